The smallest absolute Gasteiger partial charge is 0.279 e. The Morgan fingerprint density at radius 2 is 1.76 bits per heavy atom. The number of aryl methyl sites for hydroxylation is 1. The van der Waals surface area contributed by atoms with Crippen LogP contribution in [0.5, 0.6) is 5.75 Å². The lowest BCUT2D eigenvalue weighted by molar-refractivity contribution is -0.134. The standard InChI is InChI=1S/C21H22FN3O4/c1-13-3-7-17(8-4-13)25-12-15(11-19(25)26)21(28)24-23-20(27)14(2)29-18-9-5-16(22)6-10-18/h3-10,14-15H,11-12H2,1-2H3,(H,23,27)(H,24,28)/t14-,15+/m0/s1. The van der Waals surface area contributed by atoms with Gasteiger partial charge in [0.1, 0.15) is 11.6 Å². The first-order valence-corrected chi connectivity index (χ1v) is 9.22. The zero-order valence-corrected chi connectivity index (χ0v) is 16.1. The second-order valence-corrected chi connectivity index (χ2v) is 6.93. The summed E-state index contributed by atoms with van der Waals surface area (Å²) in [6.07, 6.45) is -0.841. The van der Waals surface area contributed by atoms with E-state index in [1.54, 1.807) is 4.90 Å². The van der Waals surface area contributed by atoms with Gasteiger partial charge >= 0.3 is 0 Å². The normalized spacial score (nSPS) is 17.0. The number of carbonyl (C=O) groups is 3. The molecule has 7 nitrogen and oxygen atoms in total. The second kappa shape index (κ2) is 8.72. The van der Waals surface area contributed by atoms with Crippen LogP contribution in [0.25, 0.3) is 0 Å². The molecule has 0 aromatic heterocycles. The molecular formula is C21H22FN3O4. The molecule has 2 N–H and O–H groups in total. The van der Waals surface area contributed by atoms with Crippen LogP contribution in [0.15, 0.2) is 48.5 Å². The molecule has 0 radical (unpaired) electrons. The van der Waals surface area contributed by atoms with Crippen LogP contribution in [0.2, 0.25) is 0 Å². The highest BCUT2D eigenvalue weighted by Gasteiger charge is 2.35. The van der Waals surface area contributed by atoms with Gasteiger partial charge in [0.15, 0.2) is 6.10 Å². The van der Waals surface area contributed by atoms with Gasteiger partial charge in [-0.05, 0) is 50.2 Å². The molecule has 2 aromatic carbocycles. The van der Waals surface area contributed by atoms with Gasteiger partial charge in [0, 0.05) is 18.7 Å². The Labute approximate surface area is 167 Å². The van der Waals surface area contributed by atoms with E-state index in [-0.39, 0.29) is 18.9 Å². The second-order valence-electron chi connectivity index (χ2n) is 6.93. The largest absolute Gasteiger partial charge is 0.481 e. The van der Waals surface area contributed by atoms with Crippen LogP contribution < -0.4 is 20.5 Å². The molecule has 2 atom stereocenters. The number of hydrogen-bond donors (Lipinski definition) is 2. The summed E-state index contributed by atoms with van der Waals surface area (Å²) < 4.78 is 18.3. The van der Waals surface area contributed by atoms with Crippen molar-refractivity contribution >= 4 is 23.4 Å². The van der Waals surface area contributed by atoms with Crippen molar-refractivity contribution in [3.8, 4) is 5.75 Å². The Morgan fingerprint density at radius 3 is 2.41 bits per heavy atom. The Morgan fingerprint density at radius 1 is 1.10 bits per heavy atom. The van der Waals surface area contributed by atoms with Gasteiger partial charge in [-0.3, -0.25) is 25.2 Å². The van der Waals surface area contributed by atoms with Crippen molar-refractivity contribution in [3.63, 3.8) is 0 Å². The summed E-state index contributed by atoms with van der Waals surface area (Å²) in [6, 6.07) is 12.7. The summed E-state index contributed by atoms with van der Waals surface area (Å²) in [6.45, 7) is 3.70. The number of halogens is 1. The van der Waals surface area contributed by atoms with E-state index in [9.17, 15) is 18.8 Å². The molecule has 1 fully saturated rings. The van der Waals surface area contributed by atoms with Crippen LogP contribution in [0, 0.1) is 18.7 Å². The third kappa shape index (κ3) is 5.10. The number of hydrazine groups is 1. The highest BCUT2D eigenvalue weighted by molar-refractivity contribution is 6.00. The summed E-state index contributed by atoms with van der Waals surface area (Å²) in [5.41, 5.74) is 6.46. The lowest BCUT2D eigenvalue weighted by Gasteiger charge is -2.18. The molecule has 0 saturated carbocycles. The van der Waals surface area contributed by atoms with E-state index in [1.807, 2.05) is 31.2 Å². The molecule has 1 saturated heterocycles. The van der Waals surface area contributed by atoms with Crippen molar-refractivity contribution in [1.82, 2.24) is 10.9 Å². The Bertz CT molecular complexity index is 899. The fraction of sp³-hybridized carbons (Fsp3) is 0.286. The summed E-state index contributed by atoms with van der Waals surface area (Å²) in [7, 11) is 0. The predicted octanol–water partition coefficient (Wildman–Crippen LogP) is 2.10. The van der Waals surface area contributed by atoms with Crippen molar-refractivity contribution in [2.75, 3.05) is 11.4 Å². The third-order valence-corrected chi connectivity index (χ3v) is 4.65. The maximum atomic E-state index is 12.9. The molecule has 1 aliphatic rings. The van der Waals surface area contributed by atoms with Crippen LogP contribution in [-0.2, 0) is 14.4 Å². The molecule has 0 unspecified atom stereocenters. The fourth-order valence-corrected chi connectivity index (χ4v) is 2.96. The molecule has 0 spiro atoms. The van der Waals surface area contributed by atoms with Crippen LogP contribution in [0.4, 0.5) is 10.1 Å². The van der Waals surface area contributed by atoms with E-state index in [2.05, 4.69) is 10.9 Å². The zero-order chi connectivity index (χ0) is 21.0. The summed E-state index contributed by atoms with van der Waals surface area (Å²) in [4.78, 5) is 38.3. The lowest BCUT2D eigenvalue weighted by Crippen LogP contribution is -2.49. The van der Waals surface area contributed by atoms with E-state index < -0.39 is 29.7 Å². The third-order valence-electron chi connectivity index (χ3n) is 4.65. The van der Waals surface area contributed by atoms with E-state index in [1.165, 1.54) is 31.2 Å². The fourth-order valence-electron chi connectivity index (χ4n) is 2.96. The zero-order valence-electron chi connectivity index (χ0n) is 16.1. The highest BCUT2D eigenvalue weighted by Crippen LogP contribution is 2.25. The maximum absolute atomic E-state index is 12.9. The molecule has 152 valence electrons. The van der Waals surface area contributed by atoms with Crippen LogP contribution in [0.3, 0.4) is 0 Å². The predicted molar refractivity (Wildman–Crippen MR) is 104 cm³/mol. The van der Waals surface area contributed by atoms with Crippen molar-refractivity contribution in [1.29, 1.82) is 0 Å². The average molecular weight is 399 g/mol. The van der Waals surface area contributed by atoms with Gasteiger partial charge < -0.3 is 9.64 Å². The molecule has 2 aromatic rings. The summed E-state index contributed by atoms with van der Waals surface area (Å²) in [5, 5.41) is 0. The number of anilines is 1. The van der Waals surface area contributed by atoms with E-state index in [0.717, 1.165) is 11.3 Å². The summed E-state index contributed by atoms with van der Waals surface area (Å²) in [5.74, 6) is -1.81. The summed E-state index contributed by atoms with van der Waals surface area (Å²) >= 11 is 0. The molecule has 1 heterocycles. The first kappa shape index (κ1) is 20.3. The number of hydrogen-bond acceptors (Lipinski definition) is 4. The first-order valence-electron chi connectivity index (χ1n) is 9.22. The van der Waals surface area contributed by atoms with Gasteiger partial charge in [-0.25, -0.2) is 4.39 Å². The van der Waals surface area contributed by atoms with Gasteiger partial charge in [0.05, 0.1) is 5.92 Å². The Hall–Kier alpha value is -3.42. The van der Waals surface area contributed by atoms with Crippen molar-refractivity contribution in [2.24, 2.45) is 5.92 Å². The highest BCUT2D eigenvalue weighted by atomic mass is 19.1. The number of ether oxygens (including phenoxy) is 1. The lowest BCUT2D eigenvalue weighted by atomic mass is 10.1. The van der Waals surface area contributed by atoms with Crippen LogP contribution in [0.1, 0.15) is 18.9 Å². The number of amides is 3. The van der Waals surface area contributed by atoms with Gasteiger partial charge in [0.25, 0.3) is 5.91 Å². The molecule has 3 rings (SSSR count). The number of nitrogens with zero attached hydrogens (tertiary/aromatic N) is 1. The molecule has 29 heavy (non-hydrogen) atoms. The van der Waals surface area contributed by atoms with Gasteiger partial charge in [-0.15, -0.1) is 0 Å². The molecule has 0 aliphatic carbocycles. The molecule has 3 amide bonds. The number of benzene rings is 2. The average Bonchev–Trinajstić information content (AvgIpc) is 3.10. The van der Waals surface area contributed by atoms with Gasteiger partial charge in [0.2, 0.25) is 11.8 Å². The van der Waals surface area contributed by atoms with E-state index in [0.29, 0.717) is 5.75 Å². The molecule has 1 aliphatic heterocycles. The van der Waals surface area contributed by atoms with Gasteiger partial charge in [-0.1, -0.05) is 17.7 Å². The Kier molecular flexibility index (Phi) is 6.11. The maximum Gasteiger partial charge on any atom is 0.279 e. The minimum absolute atomic E-state index is 0.0667. The van der Waals surface area contributed by atoms with Crippen molar-refractivity contribution in [2.45, 2.75) is 26.4 Å². The van der Waals surface area contributed by atoms with E-state index >= 15 is 0 Å². The molecule has 0 bridgehead atoms. The Balaban J connectivity index is 1.49. The van der Waals surface area contributed by atoms with Gasteiger partial charge in [-0.2, -0.15) is 0 Å². The first-order chi connectivity index (χ1) is 13.8. The topological polar surface area (TPSA) is 87.7 Å². The quantitative estimate of drug-likeness (QED) is 0.754. The van der Waals surface area contributed by atoms with Crippen LogP contribution in [-0.4, -0.2) is 30.4 Å². The van der Waals surface area contributed by atoms with E-state index in [4.69, 9.17) is 4.74 Å². The molecular weight excluding hydrogens is 377 g/mol. The monoisotopic (exact) mass is 399 g/mol. The van der Waals surface area contributed by atoms with Crippen LogP contribution >= 0.6 is 0 Å². The number of nitrogens with one attached hydrogen (secondary N) is 2. The minimum Gasteiger partial charge on any atom is -0.481 e. The van der Waals surface area contributed by atoms with Crippen molar-refractivity contribution < 1.29 is 23.5 Å². The minimum atomic E-state index is -0.907. The van der Waals surface area contributed by atoms with Crippen molar-refractivity contribution in [3.05, 3.63) is 59.9 Å². The SMILES string of the molecule is Cc1ccc(N2C[C@H](C(=O)NNC(=O)[C@H](C)Oc3ccc(F)cc3)CC2=O)cc1. The number of rotatable bonds is 5. The number of carbonyl (C=O) groups excluding carboxylic acids is 3. The molecule has 8 heteroatoms.